The number of aryl methyl sites for hydroxylation is 1. The number of esters is 1. The second-order valence-corrected chi connectivity index (χ2v) is 4.59. The van der Waals surface area contributed by atoms with Gasteiger partial charge >= 0.3 is 5.97 Å². The molecule has 0 bridgehead atoms. The summed E-state index contributed by atoms with van der Waals surface area (Å²) in [6, 6.07) is 4.91. The normalized spacial score (nSPS) is 12.9. The molecule has 6 heteroatoms. The number of hydrogen-bond donors (Lipinski definition) is 2. The fourth-order valence-electron chi connectivity index (χ4n) is 1.96. The monoisotopic (exact) mass is 288 g/mol. The fourth-order valence-corrected chi connectivity index (χ4v) is 1.96. The standard InChI is InChI=1S/C15H16N2O4/c1-2-7-16-14(19)9-21-15(20)11-3-5-12-10(8-11)4-6-13(18)17-12/h2-3,5,8H,1,4,6-7,9H2,(H,16,19)(H,17,18). The van der Waals surface area contributed by atoms with Gasteiger partial charge in [-0.2, -0.15) is 0 Å². The average molecular weight is 288 g/mol. The fraction of sp³-hybridized carbons (Fsp3) is 0.267. The van der Waals surface area contributed by atoms with Crippen LogP contribution in [0.2, 0.25) is 0 Å². The summed E-state index contributed by atoms with van der Waals surface area (Å²) < 4.78 is 4.93. The highest BCUT2D eigenvalue weighted by atomic mass is 16.5. The van der Waals surface area contributed by atoms with E-state index in [4.69, 9.17) is 4.74 Å². The lowest BCUT2D eigenvalue weighted by atomic mass is 10.0. The highest BCUT2D eigenvalue weighted by Crippen LogP contribution is 2.23. The number of rotatable bonds is 5. The first-order valence-electron chi connectivity index (χ1n) is 6.57. The van der Waals surface area contributed by atoms with Crippen molar-refractivity contribution in [3.8, 4) is 0 Å². The van der Waals surface area contributed by atoms with Crippen molar-refractivity contribution in [2.45, 2.75) is 12.8 Å². The van der Waals surface area contributed by atoms with Crippen LogP contribution in [0.4, 0.5) is 5.69 Å². The molecule has 1 aliphatic rings. The summed E-state index contributed by atoms with van der Waals surface area (Å²) in [4.78, 5) is 34.4. The van der Waals surface area contributed by atoms with Gasteiger partial charge in [0.15, 0.2) is 6.61 Å². The molecule has 0 radical (unpaired) electrons. The summed E-state index contributed by atoms with van der Waals surface area (Å²) in [6.07, 6.45) is 2.52. The lowest BCUT2D eigenvalue weighted by Crippen LogP contribution is -2.28. The van der Waals surface area contributed by atoms with Crippen molar-refractivity contribution in [3.63, 3.8) is 0 Å². The Hall–Kier alpha value is -2.63. The Kier molecular flexibility index (Phi) is 4.71. The van der Waals surface area contributed by atoms with Gasteiger partial charge in [-0.1, -0.05) is 6.08 Å². The van der Waals surface area contributed by atoms with E-state index in [1.807, 2.05) is 0 Å². The number of fused-ring (bicyclic) bond motifs is 1. The molecule has 6 nitrogen and oxygen atoms in total. The van der Waals surface area contributed by atoms with E-state index in [0.717, 1.165) is 5.56 Å². The summed E-state index contributed by atoms with van der Waals surface area (Å²) in [7, 11) is 0. The topological polar surface area (TPSA) is 84.5 Å². The number of amides is 2. The summed E-state index contributed by atoms with van der Waals surface area (Å²) in [5, 5.41) is 5.25. The molecule has 2 amide bonds. The zero-order valence-electron chi connectivity index (χ0n) is 11.5. The number of carbonyl (C=O) groups excluding carboxylic acids is 3. The van der Waals surface area contributed by atoms with Crippen LogP contribution >= 0.6 is 0 Å². The molecular weight excluding hydrogens is 272 g/mol. The largest absolute Gasteiger partial charge is 0.452 e. The van der Waals surface area contributed by atoms with E-state index in [-0.39, 0.29) is 18.4 Å². The Morgan fingerprint density at radius 3 is 2.95 bits per heavy atom. The highest BCUT2D eigenvalue weighted by molar-refractivity contribution is 5.96. The molecule has 1 aromatic carbocycles. The molecular formula is C15H16N2O4. The molecule has 0 aromatic heterocycles. The molecule has 2 N–H and O–H groups in total. The summed E-state index contributed by atoms with van der Waals surface area (Å²) in [5.74, 6) is -0.978. The van der Waals surface area contributed by atoms with Gasteiger partial charge in [0.1, 0.15) is 0 Å². The lowest BCUT2D eigenvalue weighted by Gasteiger charge is -2.17. The number of hydrogen-bond acceptors (Lipinski definition) is 4. The summed E-state index contributed by atoms with van der Waals surface area (Å²) in [6.45, 7) is 3.46. The number of ether oxygens (including phenoxy) is 1. The van der Waals surface area contributed by atoms with Gasteiger partial charge in [-0.15, -0.1) is 6.58 Å². The molecule has 0 saturated heterocycles. The molecule has 0 fully saturated rings. The summed E-state index contributed by atoms with van der Waals surface area (Å²) in [5.41, 5.74) is 1.97. The molecule has 1 aliphatic heterocycles. The van der Waals surface area contributed by atoms with Crippen molar-refractivity contribution in [2.24, 2.45) is 0 Å². The number of benzene rings is 1. The van der Waals surface area contributed by atoms with Gasteiger partial charge in [-0.05, 0) is 30.2 Å². The quantitative estimate of drug-likeness (QED) is 0.626. The van der Waals surface area contributed by atoms with Gasteiger partial charge < -0.3 is 15.4 Å². The maximum absolute atomic E-state index is 11.9. The highest BCUT2D eigenvalue weighted by Gasteiger charge is 2.17. The predicted molar refractivity (Wildman–Crippen MR) is 76.9 cm³/mol. The van der Waals surface area contributed by atoms with Crippen LogP contribution in [0.5, 0.6) is 0 Å². The minimum absolute atomic E-state index is 0.0308. The Balaban J connectivity index is 1.95. The van der Waals surface area contributed by atoms with E-state index in [0.29, 0.717) is 30.6 Å². The molecule has 0 atom stereocenters. The molecule has 110 valence electrons. The number of nitrogens with one attached hydrogen (secondary N) is 2. The molecule has 0 aliphatic carbocycles. The third kappa shape index (κ3) is 3.92. The molecule has 21 heavy (non-hydrogen) atoms. The second kappa shape index (κ2) is 6.69. The minimum Gasteiger partial charge on any atom is -0.452 e. The SMILES string of the molecule is C=CCNC(=O)COC(=O)c1ccc2c(c1)CCC(=O)N2. The molecule has 2 rings (SSSR count). The first-order chi connectivity index (χ1) is 10.1. The van der Waals surface area contributed by atoms with Gasteiger partial charge in [0.25, 0.3) is 5.91 Å². The Labute approximate surface area is 122 Å². The van der Waals surface area contributed by atoms with Crippen molar-refractivity contribution < 1.29 is 19.1 Å². The third-order valence-electron chi connectivity index (χ3n) is 3.01. The third-order valence-corrected chi connectivity index (χ3v) is 3.01. The maximum atomic E-state index is 11.9. The predicted octanol–water partition coefficient (Wildman–Crippen LogP) is 1.03. The van der Waals surface area contributed by atoms with Crippen LogP contribution in [0.25, 0.3) is 0 Å². The van der Waals surface area contributed by atoms with Gasteiger partial charge in [0.05, 0.1) is 5.56 Å². The van der Waals surface area contributed by atoms with Gasteiger partial charge in [-0.3, -0.25) is 9.59 Å². The zero-order chi connectivity index (χ0) is 15.2. The Morgan fingerprint density at radius 2 is 2.19 bits per heavy atom. The molecule has 0 unspecified atom stereocenters. The lowest BCUT2D eigenvalue weighted by molar-refractivity contribution is -0.124. The second-order valence-electron chi connectivity index (χ2n) is 4.59. The van der Waals surface area contributed by atoms with Crippen molar-refractivity contribution >= 4 is 23.5 Å². The average Bonchev–Trinajstić information content (AvgIpc) is 2.49. The van der Waals surface area contributed by atoms with Crippen LogP contribution in [-0.4, -0.2) is 30.9 Å². The van der Waals surface area contributed by atoms with E-state index < -0.39 is 5.97 Å². The Bertz CT molecular complexity index is 595. The van der Waals surface area contributed by atoms with E-state index >= 15 is 0 Å². The minimum atomic E-state index is -0.566. The molecule has 1 aromatic rings. The molecule has 1 heterocycles. The van der Waals surface area contributed by atoms with Gasteiger partial charge in [0.2, 0.25) is 5.91 Å². The molecule has 0 saturated carbocycles. The van der Waals surface area contributed by atoms with E-state index in [1.165, 1.54) is 6.08 Å². The van der Waals surface area contributed by atoms with Crippen LogP contribution in [0.15, 0.2) is 30.9 Å². The van der Waals surface area contributed by atoms with Crippen molar-refractivity contribution in [1.82, 2.24) is 5.32 Å². The van der Waals surface area contributed by atoms with Gasteiger partial charge in [0, 0.05) is 18.7 Å². The smallest absolute Gasteiger partial charge is 0.338 e. The van der Waals surface area contributed by atoms with Crippen LogP contribution in [0, 0.1) is 0 Å². The first-order valence-corrected chi connectivity index (χ1v) is 6.57. The number of carbonyl (C=O) groups is 3. The van der Waals surface area contributed by atoms with Gasteiger partial charge in [-0.25, -0.2) is 4.79 Å². The first kappa shape index (κ1) is 14.8. The molecule has 0 spiro atoms. The van der Waals surface area contributed by atoms with Crippen LogP contribution in [0.3, 0.4) is 0 Å². The van der Waals surface area contributed by atoms with Crippen molar-refractivity contribution in [2.75, 3.05) is 18.5 Å². The van der Waals surface area contributed by atoms with Crippen LogP contribution in [-0.2, 0) is 20.7 Å². The van der Waals surface area contributed by atoms with E-state index in [1.54, 1.807) is 18.2 Å². The van der Waals surface area contributed by atoms with E-state index in [9.17, 15) is 14.4 Å². The van der Waals surface area contributed by atoms with Crippen molar-refractivity contribution in [3.05, 3.63) is 42.0 Å². The van der Waals surface area contributed by atoms with Crippen LogP contribution < -0.4 is 10.6 Å². The number of anilines is 1. The summed E-state index contributed by atoms with van der Waals surface area (Å²) >= 11 is 0. The van der Waals surface area contributed by atoms with Crippen molar-refractivity contribution in [1.29, 1.82) is 0 Å². The van der Waals surface area contributed by atoms with E-state index in [2.05, 4.69) is 17.2 Å². The maximum Gasteiger partial charge on any atom is 0.338 e. The van der Waals surface area contributed by atoms with Crippen LogP contribution in [0.1, 0.15) is 22.3 Å². The Morgan fingerprint density at radius 1 is 1.38 bits per heavy atom. The zero-order valence-corrected chi connectivity index (χ0v) is 11.5.